The zero-order valence-corrected chi connectivity index (χ0v) is 16.6. The maximum Gasteiger partial charge on any atom is 0.235 e. The zero-order chi connectivity index (χ0) is 20.7. The van der Waals surface area contributed by atoms with Gasteiger partial charge in [0.05, 0.1) is 12.3 Å². The Hall–Kier alpha value is -3.98. The first kappa shape index (κ1) is 18.1. The zero-order valence-electron chi connectivity index (χ0n) is 16.6. The van der Waals surface area contributed by atoms with Crippen molar-refractivity contribution in [2.45, 2.75) is 5.92 Å². The summed E-state index contributed by atoms with van der Waals surface area (Å²) in [4.78, 5) is 6.27. The second-order valence-corrected chi connectivity index (χ2v) is 7.39. The molecule has 0 fully saturated rings. The van der Waals surface area contributed by atoms with E-state index in [0.29, 0.717) is 23.0 Å². The molecule has 148 valence electrons. The number of hydrogen-bond donors (Lipinski definition) is 0. The highest BCUT2D eigenvalue weighted by Crippen LogP contribution is 2.48. The Kier molecular flexibility index (Phi) is 4.29. The van der Waals surface area contributed by atoms with Crippen LogP contribution in [0.3, 0.4) is 0 Å². The van der Waals surface area contributed by atoms with Gasteiger partial charge in [0.25, 0.3) is 0 Å². The summed E-state index contributed by atoms with van der Waals surface area (Å²) in [5.74, 6) is 2.08. The van der Waals surface area contributed by atoms with Gasteiger partial charge in [0, 0.05) is 25.0 Å². The molecule has 1 atom stereocenters. The lowest BCUT2D eigenvalue weighted by molar-refractivity contribution is 0.174. The van der Waals surface area contributed by atoms with Crippen molar-refractivity contribution in [1.82, 2.24) is 4.90 Å². The van der Waals surface area contributed by atoms with Gasteiger partial charge in [-0.15, -0.1) is 0 Å². The normalized spacial score (nSPS) is 17.0. The van der Waals surface area contributed by atoms with Crippen molar-refractivity contribution < 1.29 is 14.2 Å². The van der Waals surface area contributed by atoms with Crippen LogP contribution in [0.5, 0.6) is 17.2 Å². The molecular formula is C24H19N3O3. The second-order valence-electron chi connectivity index (χ2n) is 7.39. The first-order chi connectivity index (χ1) is 14.7. The number of aliphatic imine (C=N–C) groups is 1. The lowest BCUT2D eigenvalue weighted by atomic mass is 9.82. The third-order valence-electron chi connectivity index (χ3n) is 5.20. The summed E-state index contributed by atoms with van der Waals surface area (Å²) in [6.45, 7) is 0.202. The van der Waals surface area contributed by atoms with E-state index in [4.69, 9.17) is 14.2 Å². The number of fused-ring (bicyclic) bond motifs is 4. The molecule has 2 heterocycles. The maximum absolute atomic E-state index is 10.1. The molecule has 30 heavy (non-hydrogen) atoms. The Labute approximate surface area is 174 Å². The van der Waals surface area contributed by atoms with E-state index in [9.17, 15) is 5.26 Å². The summed E-state index contributed by atoms with van der Waals surface area (Å²) in [5.41, 5.74) is 2.30. The highest BCUT2D eigenvalue weighted by Gasteiger charge is 2.33. The summed E-state index contributed by atoms with van der Waals surface area (Å²) in [6.07, 6.45) is 1.64. The quantitative estimate of drug-likeness (QED) is 0.484. The highest BCUT2D eigenvalue weighted by molar-refractivity contribution is 5.91. The van der Waals surface area contributed by atoms with Crippen LogP contribution in [0, 0.1) is 11.3 Å². The van der Waals surface area contributed by atoms with Crippen LogP contribution in [0.15, 0.2) is 71.0 Å². The Morgan fingerprint density at radius 1 is 1.07 bits per heavy atom. The minimum absolute atomic E-state index is 0.202. The van der Waals surface area contributed by atoms with E-state index in [-0.39, 0.29) is 12.7 Å². The predicted molar refractivity (Wildman–Crippen MR) is 114 cm³/mol. The van der Waals surface area contributed by atoms with Gasteiger partial charge in [-0.3, -0.25) is 0 Å². The molecule has 3 aromatic rings. The fourth-order valence-corrected chi connectivity index (χ4v) is 3.85. The van der Waals surface area contributed by atoms with Gasteiger partial charge >= 0.3 is 0 Å². The molecule has 2 aliphatic rings. The number of nitrogens with zero attached hydrogens (tertiary/aromatic N) is 3. The lowest BCUT2D eigenvalue weighted by Crippen LogP contribution is -2.17. The summed E-state index contributed by atoms with van der Waals surface area (Å²) in [6, 6.07) is 20.2. The average molecular weight is 397 g/mol. The molecule has 0 aliphatic carbocycles. The number of rotatable bonds is 3. The molecule has 0 saturated heterocycles. The molecule has 1 unspecified atom stereocenters. The van der Waals surface area contributed by atoms with Gasteiger partial charge in [0.2, 0.25) is 12.7 Å². The van der Waals surface area contributed by atoms with Crippen LogP contribution in [0.1, 0.15) is 17.0 Å². The Morgan fingerprint density at radius 2 is 1.90 bits per heavy atom. The molecule has 3 aromatic carbocycles. The molecule has 0 saturated carbocycles. The maximum atomic E-state index is 10.1. The molecule has 0 bridgehead atoms. The van der Waals surface area contributed by atoms with Crippen LogP contribution in [-0.4, -0.2) is 32.1 Å². The average Bonchev–Trinajstić information content (AvgIpc) is 3.24. The minimum Gasteiger partial charge on any atom is -0.454 e. The first-order valence-corrected chi connectivity index (χ1v) is 9.59. The van der Waals surface area contributed by atoms with Gasteiger partial charge in [0.15, 0.2) is 11.5 Å². The molecule has 0 amide bonds. The highest BCUT2D eigenvalue weighted by atomic mass is 16.7. The monoisotopic (exact) mass is 397 g/mol. The van der Waals surface area contributed by atoms with Gasteiger partial charge in [-0.1, -0.05) is 42.5 Å². The van der Waals surface area contributed by atoms with Crippen molar-refractivity contribution in [3.63, 3.8) is 0 Å². The Balaban J connectivity index is 1.75. The number of benzene rings is 3. The number of nitriles is 1. The summed E-state index contributed by atoms with van der Waals surface area (Å²) in [5, 5.41) is 12.1. The van der Waals surface area contributed by atoms with Gasteiger partial charge in [-0.25, -0.2) is 4.99 Å². The molecule has 0 radical (unpaired) electrons. The first-order valence-electron chi connectivity index (χ1n) is 9.59. The van der Waals surface area contributed by atoms with Crippen molar-refractivity contribution in [3.8, 4) is 23.3 Å². The van der Waals surface area contributed by atoms with Crippen molar-refractivity contribution in [2.75, 3.05) is 20.9 Å². The number of hydrogen-bond acceptors (Lipinski definition) is 5. The van der Waals surface area contributed by atoms with E-state index in [1.54, 1.807) is 11.2 Å². The second kappa shape index (κ2) is 7.12. The lowest BCUT2D eigenvalue weighted by Gasteiger charge is -2.27. The van der Waals surface area contributed by atoms with E-state index in [0.717, 1.165) is 27.6 Å². The van der Waals surface area contributed by atoms with Crippen molar-refractivity contribution in [1.29, 1.82) is 5.26 Å². The molecule has 0 N–H and O–H groups in total. The van der Waals surface area contributed by atoms with Crippen molar-refractivity contribution in [2.24, 2.45) is 4.99 Å². The van der Waals surface area contributed by atoms with E-state index >= 15 is 0 Å². The van der Waals surface area contributed by atoms with E-state index in [1.165, 1.54) is 0 Å². The van der Waals surface area contributed by atoms with Crippen LogP contribution < -0.4 is 14.2 Å². The largest absolute Gasteiger partial charge is 0.454 e. The van der Waals surface area contributed by atoms with Gasteiger partial charge in [-0.2, -0.15) is 5.26 Å². The number of ether oxygens (including phenoxy) is 3. The third kappa shape index (κ3) is 2.92. The predicted octanol–water partition coefficient (Wildman–Crippen LogP) is 4.42. The number of allylic oxidation sites excluding steroid dienone is 1. The van der Waals surface area contributed by atoms with E-state index < -0.39 is 0 Å². The van der Waals surface area contributed by atoms with Gasteiger partial charge in [0.1, 0.15) is 17.4 Å². The molecular weight excluding hydrogens is 378 g/mol. The third-order valence-corrected chi connectivity index (χ3v) is 5.20. The molecule has 5 rings (SSSR count). The SMILES string of the molecule is CN(C)C=NC1=C(C#N)C(c2ccc3c(c2)OCO3)c2ccc3ccccc3c2O1. The smallest absolute Gasteiger partial charge is 0.235 e. The Morgan fingerprint density at radius 3 is 2.73 bits per heavy atom. The minimum atomic E-state index is -0.327. The molecule has 2 aliphatic heterocycles. The van der Waals surface area contributed by atoms with Crippen LogP contribution >= 0.6 is 0 Å². The summed E-state index contributed by atoms with van der Waals surface area (Å²) >= 11 is 0. The Bertz CT molecular complexity index is 1250. The summed E-state index contributed by atoms with van der Waals surface area (Å²) < 4.78 is 17.2. The molecule has 6 nitrogen and oxygen atoms in total. The van der Waals surface area contributed by atoms with Crippen LogP contribution in [0.2, 0.25) is 0 Å². The fraction of sp³-hybridized carbons (Fsp3) is 0.167. The molecule has 6 heteroatoms. The van der Waals surface area contributed by atoms with Gasteiger partial charge < -0.3 is 19.1 Å². The topological polar surface area (TPSA) is 67.1 Å². The van der Waals surface area contributed by atoms with E-state index in [1.807, 2.05) is 62.6 Å². The van der Waals surface area contributed by atoms with Gasteiger partial charge in [-0.05, 0) is 23.1 Å². The van der Waals surface area contributed by atoms with Crippen LogP contribution in [0.25, 0.3) is 10.8 Å². The van der Waals surface area contributed by atoms with Crippen LogP contribution in [-0.2, 0) is 0 Å². The standard InChI is InChI=1S/C24H19N3O3/c1-27(2)13-26-24-19(12-25)22(16-8-10-20-21(11-16)29-14-28-20)18-9-7-15-5-3-4-6-17(15)23(18)30-24/h3-11,13,22H,14H2,1-2H3. The van der Waals surface area contributed by atoms with Crippen molar-refractivity contribution in [3.05, 3.63) is 77.2 Å². The van der Waals surface area contributed by atoms with Crippen molar-refractivity contribution >= 4 is 17.1 Å². The van der Waals surface area contributed by atoms with E-state index in [2.05, 4.69) is 17.1 Å². The van der Waals surface area contributed by atoms with Crippen LogP contribution in [0.4, 0.5) is 0 Å². The fourth-order valence-electron chi connectivity index (χ4n) is 3.85. The summed E-state index contributed by atoms with van der Waals surface area (Å²) in [7, 11) is 3.75. The molecule has 0 aromatic heterocycles. The molecule has 0 spiro atoms.